The number of amides is 2. The first-order chi connectivity index (χ1) is 11.1. The molecule has 5 nitrogen and oxygen atoms in total. The van der Waals surface area contributed by atoms with E-state index in [2.05, 4.69) is 10.6 Å². The topological polar surface area (TPSA) is 67.4 Å². The maximum atomic E-state index is 11.9. The first kappa shape index (κ1) is 16.5. The highest BCUT2D eigenvalue weighted by atomic mass is 16.5. The van der Waals surface area contributed by atoms with Gasteiger partial charge < -0.3 is 15.4 Å². The molecule has 0 spiro atoms. The summed E-state index contributed by atoms with van der Waals surface area (Å²) in [5, 5.41) is 5.15. The summed E-state index contributed by atoms with van der Waals surface area (Å²) in [6.45, 7) is 4.77. The van der Waals surface area contributed by atoms with Crippen LogP contribution in [0.1, 0.15) is 18.1 Å². The maximum absolute atomic E-state index is 11.9. The van der Waals surface area contributed by atoms with Crippen LogP contribution in [0.5, 0.6) is 5.75 Å². The normalized spacial score (nSPS) is 10.0. The molecule has 0 unspecified atom stereocenters. The Morgan fingerprint density at radius 1 is 1.04 bits per heavy atom. The number of nitrogens with one attached hydrogen (secondary N) is 2. The number of rotatable bonds is 5. The van der Waals surface area contributed by atoms with Crippen molar-refractivity contribution in [3.63, 3.8) is 0 Å². The number of anilines is 1. The van der Waals surface area contributed by atoms with E-state index < -0.39 is 11.8 Å². The molecule has 5 heteroatoms. The summed E-state index contributed by atoms with van der Waals surface area (Å²) >= 11 is 0. The van der Waals surface area contributed by atoms with E-state index in [1.54, 1.807) is 24.3 Å². The van der Waals surface area contributed by atoms with Gasteiger partial charge in [0.05, 0.1) is 6.61 Å². The molecule has 0 atom stereocenters. The van der Waals surface area contributed by atoms with E-state index >= 15 is 0 Å². The zero-order valence-electron chi connectivity index (χ0n) is 13.3. The number of hydrogen-bond acceptors (Lipinski definition) is 3. The predicted molar refractivity (Wildman–Crippen MR) is 89.3 cm³/mol. The highest BCUT2D eigenvalue weighted by Gasteiger charge is 2.13. The van der Waals surface area contributed by atoms with Crippen molar-refractivity contribution in [1.82, 2.24) is 5.32 Å². The van der Waals surface area contributed by atoms with Gasteiger partial charge in [-0.1, -0.05) is 29.8 Å². The molecule has 2 N–H and O–H groups in total. The van der Waals surface area contributed by atoms with Gasteiger partial charge in [0.1, 0.15) is 5.75 Å². The average Bonchev–Trinajstić information content (AvgIpc) is 2.54. The third kappa shape index (κ3) is 5.14. The van der Waals surface area contributed by atoms with Gasteiger partial charge in [0.25, 0.3) is 0 Å². The molecule has 0 aliphatic carbocycles. The third-order valence-corrected chi connectivity index (χ3v) is 3.16. The summed E-state index contributed by atoms with van der Waals surface area (Å²) in [6.07, 6.45) is 0. The minimum absolute atomic E-state index is 0.317. The van der Waals surface area contributed by atoms with Gasteiger partial charge in [-0.15, -0.1) is 0 Å². The fourth-order valence-corrected chi connectivity index (χ4v) is 2.07. The molecular weight excluding hydrogens is 292 g/mol. The van der Waals surface area contributed by atoms with E-state index in [0.29, 0.717) is 18.8 Å². The van der Waals surface area contributed by atoms with Gasteiger partial charge in [-0.25, -0.2) is 0 Å². The Bertz CT molecular complexity index is 681. The summed E-state index contributed by atoms with van der Waals surface area (Å²) in [4.78, 5) is 23.7. The smallest absolute Gasteiger partial charge is 0.313 e. The molecule has 2 amide bonds. The second-order valence-electron chi connectivity index (χ2n) is 5.08. The molecule has 0 heterocycles. The minimum Gasteiger partial charge on any atom is -0.494 e. The highest BCUT2D eigenvalue weighted by Crippen LogP contribution is 2.15. The first-order valence-corrected chi connectivity index (χ1v) is 7.46. The van der Waals surface area contributed by atoms with Crippen molar-refractivity contribution in [3.05, 3.63) is 59.7 Å². The Balaban J connectivity index is 1.86. The number of hydrogen-bond donors (Lipinski definition) is 2. The SMILES string of the molecule is CCOc1ccc(NC(=O)C(=O)NCc2cccc(C)c2)cc1. The van der Waals surface area contributed by atoms with Crippen molar-refractivity contribution in [2.45, 2.75) is 20.4 Å². The fraction of sp³-hybridized carbons (Fsp3) is 0.222. The Hall–Kier alpha value is -2.82. The van der Waals surface area contributed by atoms with E-state index in [4.69, 9.17) is 4.74 Å². The van der Waals surface area contributed by atoms with Gasteiger partial charge in [-0.05, 0) is 43.7 Å². The second-order valence-corrected chi connectivity index (χ2v) is 5.08. The number of aryl methyl sites for hydroxylation is 1. The molecule has 0 aliphatic rings. The van der Waals surface area contributed by atoms with Crippen molar-refractivity contribution < 1.29 is 14.3 Å². The fourth-order valence-electron chi connectivity index (χ4n) is 2.07. The van der Waals surface area contributed by atoms with Crippen LogP contribution >= 0.6 is 0 Å². The molecule has 2 aromatic rings. The van der Waals surface area contributed by atoms with E-state index in [1.165, 1.54) is 0 Å². The Morgan fingerprint density at radius 2 is 1.78 bits per heavy atom. The lowest BCUT2D eigenvalue weighted by Crippen LogP contribution is -2.34. The molecule has 0 fully saturated rings. The van der Waals surface area contributed by atoms with E-state index in [9.17, 15) is 9.59 Å². The van der Waals surface area contributed by atoms with Crippen molar-refractivity contribution >= 4 is 17.5 Å². The standard InChI is InChI=1S/C18H20N2O3/c1-3-23-16-9-7-15(8-10-16)20-18(22)17(21)19-12-14-6-4-5-13(2)11-14/h4-11H,3,12H2,1-2H3,(H,19,21)(H,20,22). The monoisotopic (exact) mass is 312 g/mol. The molecule has 0 radical (unpaired) electrons. The number of ether oxygens (including phenoxy) is 1. The van der Waals surface area contributed by atoms with E-state index in [1.807, 2.05) is 38.1 Å². The second kappa shape index (κ2) is 7.98. The van der Waals surface area contributed by atoms with Crippen LogP contribution in [0.3, 0.4) is 0 Å². The lowest BCUT2D eigenvalue weighted by molar-refractivity contribution is -0.136. The Kier molecular flexibility index (Phi) is 5.74. The van der Waals surface area contributed by atoms with Crippen LogP contribution in [0.15, 0.2) is 48.5 Å². The molecule has 0 bridgehead atoms. The molecule has 0 aromatic heterocycles. The molecule has 0 aliphatic heterocycles. The predicted octanol–water partition coefficient (Wildman–Crippen LogP) is 2.65. The van der Waals surface area contributed by atoms with Crippen molar-refractivity contribution in [3.8, 4) is 5.75 Å². The van der Waals surface area contributed by atoms with E-state index in [-0.39, 0.29) is 0 Å². The van der Waals surface area contributed by atoms with Gasteiger partial charge in [0.2, 0.25) is 0 Å². The molecule has 2 aromatic carbocycles. The lowest BCUT2D eigenvalue weighted by atomic mass is 10.1. The van der Waals surface area contributed by atoms with Gasteiger partial charge in [0.15, 0.2) is 0 Å². The summed E-state index contributed by atoms with van der Waals surface area (Å²) < 4.78 is 5.32. The quantitative estimate of drug-likeness (QED) is 0.834. The number of carbonyl (C=O) groups excluding carboxylic acids is 2. The summed E-state index contributed by atoms with van der Waals surface area (Å²) in [5.74, 6) is -0.642. The zero-order valence-corrected chi connectivity index (χ0v) is 13.3. The van der Waals surface area contributed by atoms with Crippen LogP contribution < -0.4 is 15.4 Å². The lowest BCUT2D eigenvalue weighted by Gasteiger charge is -2.08. The molecule has 2 rings (SSSR count). The van der Waals surface area contributed by atoms with Gasteiger partial charge in [0, 0.05) is 12.2 Å². The molecular formula is C18H20N2O3. The zero-order chi connectivity index (χ0) is 16.7. The summed E-state index contributed by atoms with van der Waals surface area (Å²) in [7, 11) is 0. The third-order valence-electron chi connectivity index (χ3n) is 3.16. The van der Waals surface area contributed by atoms with Gasteiger partial charge in [-0.3, -0.25) is 9.59 Å². The highest BCUT2D eigenvalue weighted by molar-refractivity contribution is 6.39. The van der Waals surface area contributed by atoms with Crippen LogP contribution in [-0.2, 0) is 16.1 Å². The first-order valence-electron chi connectivity index (χ1n) is 7.46. The number of carbonyl (C=O) groups is 2. The molecule has 23 heavy (non-hydrogen) atoms. The summed E-state index contributed by atoms with van der Waals surface area (Å²) in [6, 6.07) is 14.6. The molecule has 0 saturated heterocycles. The van der Waals surface area contributed by atoms with Crippen molar-refractivity contribution in [2.24, 2.45) is 0 Å². The number of benzene rings is 2. The van der Waals surface area contributed by atoms with Gasteiger partial charge in [-0.2, -0.15) is 0 Å². The van der Waals surface area contributed by atoms with Gasteiger partial charge >= 0.3 is 11.8 Å². The Morgan fingerprint density at radius 3 is 2.43 bits per heavy atom. The largest absolute Gasteiger partial charge is 0.494 e. The van der Waals surface area contributed by atoms with Crippen LogP contribution in [0.25, 0.3) is 0 Å². The molecule has 120 valence electrons. The molecule has 0 saturated carbocycles. The van der Waals surface area contributed by atoms with Crippen LogP contribution in [0, 0.1) is 6.92 Å². The van der Waals surface area contributed by atoms with Crippen molar-refractivity contribution in [1.29, 1.82) is 0 Å². The summed E-state index contributed by atoms with van der Waals surface area (Å²) in [5.41, 5.74) is 2.60. The maximum Gasteiger partial charge on any atom is 0.313 e. The van der Waals surface area contributed by atoms with Crippen LogP contribution in [0.4, 0.5) is 5.69 Å². The Labute approximate surface area is 135 Å². The average molecular weight is 312 g/mol. The minimum atomic E-state index is -0.693. The van der Waals surface area contributed by atoms with Crippen LogP contribution in [0.2, 0.25) is 0 Å². The van der Waals surface area contributed by atoms with E-state index in [0.717, 1.165) is 16.9 Å². The van der Waals surface area contributed by atoms with Crippen LogP contribution in [-0.4, -0.2) is 18.4 Å². The van der Waals surface area contributed by atoms with Crippen molar-refractivity contribution in [2.75, 3.05) is 11.9 Å².